The van der Waals surface area contributed by atoms with Gasteiger partial charge in [0.25, 0.3) is 0 Å². The highest BCUT2D eigenvalue weighted by atomic mass is 16.3. The van der Waals surface area contributed by atoms with E-state index in [9.17, 15) is 0 Å². The Morgan fingerprint density at radius 1 is 0.839 bits per heavy atom. The van der Waals surface area contributed by atoms with Crippen LogP contribution in [-0.4, -0.2) is 16.1 Å². The fraction of sp³-hybridized carbons (Fsp3) is 0.154. The van der Waals surface area contributed by atoms with Crippen LogP contribution in [0.3, 0.4) is 0 Å². The third-order valence-electron chi connectivity index (χ3n) is 6.10. The topological polar surface area (TPSA) is 45.4 Å². The third-order valence-corrected chi connectivity index (χ3v) is 6.10. The first-order valence-corrected chi connectivity index (χ1v) is 10.5. The predicted molar refractivity (Wildman–Crippen MR) is 125 cm³/mol. The Bertz CT molecular complexity index is 1440. The molecule has 0 radical (unpaired) electrons. The summed E-state index contributed by atoms with van der Waals surface area (Å²) in [4.78, 5) is 14.0. The number of furan rings is 1. The van der Waals surface area contributed by atoms with Crippen molar-refractivity contribution < 1.29 is 4.42 Å². The number of pyridine rings is 2. The lowest BCUT2D eigenvalue weighted by atomic mass is 10.1. The standard InChI is InChI=1S/C26H22N4O/c1-16-11-13-20-21-14-12-17(2)28-26(21)31-24(20)23(16)30-18(3)29(19-8-5-4-6-9-19)25-22(30)10-7-15-27-25/h4-15,18H,1-3H3. The van der Waals surface area contributed by atoms with E-state index in [1.807, 2.05) is 31.3 Å². The molecule has 1 aliphatic heterocycles. The molecule has 0 amide bonds. The van der Waals surface area contributed by atoms with Crippen LogP contribution in [0.2, 0.25) is 0 Å². The van der Waals surface area contributed by atoms with Gasteiger partial charge in [-0.25, -0.2) is 9.97 Å². The molecule has 0 bridgehead atoms. The van der Waals surface area contributed by atoms with Crippen LogP contribution in [0.1, 0.15) is 18.2 Å². The van der Waals surface area contributed by atoms with Crippen LogP contribution in [0.15, 0.2) is 77.3 Å². The van der Waals surface area contributed by atoms with Crippen LogP contribution in [0, 0.1) is 13.8 Å². The average molecular weight is 406 g/mol. The number of benzene rings is 2. The zero-order valence-corrected chi connectivity index (χ0v) is 17.7. The van der Waals surface area contributed by atoms with Crippen molar-refractivity contribution in [2.45, 2.75) is 26.9 Å². The first-order chi connectivity index (χ1) is 15.1. The van der Waals surface area contributed by atoms with E-state index in [0.29, 0.717) is 5.71 Å². The average Bonchev–Trinajstić information content (AvgIpc) is 3.28. The number of nitrogens with zero attached hydrogens (tertiary/aromatic N) is 4. The Labute approximate surface area is 180 Å². The van der Waals surface area contributed by atoms with Gasteiger partial charge in [0.15, 0.2) is 11.4 Å². The second-order valence-corrected chi connectivity index (χ2v) is 8.07. The maximum absolute atomic E-state index is 6.37. The van der Waals surface area contributed by atoms with Crippen molar-refractivity contribution in [3.05, 3.63) is 84.2 Å². The quantitative estimate of drug-likeness (QED) is 0.329. The van der Waals surface area contributed by atoms with Gasteiger partial charge in [0.2, 0.25) is 5.71 Å². The summed E-state index contributed by atoms with van der Waals surface area (Å²) >= 11 is 0. The van der Waals surface area contributed by atoms with Crippen LogP contribution < -0.4 is 9.80 Å². The second kappa shape index (κ2) is 6.57. The normalized spacial score (nSPS) is 15.8. The summed E-state index contributed by atoms with van der Waals surface area (Å²) in [7, 11) is 0. The van der Waals surface area contributed by atoms with E-state index >= 15 is 0 Å². The molecule has 0 saturated heterocycles. The number of aromatic nitrogens is 2. The Kier molecular flexibility index (Phi) is 3.81. The molecule has 1 atom stereocenters. The number of aryl methyl sites for hydroxylation is 2. The van der Waals surface area contributed by atoms with Gasteiger partial charge < -0.3 is 14.2 Å². The number of hydrogen-bond acceptors (Lipinski definition) is 5. The predicted octanol–water partition coefficient (Wildman–Crippen LogP) is 6.63. The molecule has 1 aliphatic rings. The molecule has 152 valence electrons. The lowest BCUT2D eigenvalue weighted by molar-refractivity contribution is 0.648. The largest absolute Gasteiger partial charge is 0.435 e. The maximum atomic E-state index is 6.37. The molecule has 3 aromatic heterocycles. The van der Waals surface area contributed by atoms with Crippen LogP contribution in [0.25, 0.3) is 22.1 Å². The van der Waals surface area contributed by atoms with Crippen LogP contribution in [0.4, 0.5) is 22.9 Å². The molecule has 6 rings (SSSR count). The fourth-order valence-electron chi connectivity index (χ4n) is 4.69. The van der Waals surface area contributed by atoms with Gasteiger partial charge in [-0.1, -0.05) is 30.3 Å². The highest BCUT2D eigenvalue weighted by Gasteiger charge is 2.38. The zero-order valence-electron chi connectivity index (χ0n) is 17.7. The second-order valence-electron chi connectivity index (χ2n) is 8.07. The Hall–Kier alpha value is -3.86. The summed E-state index contributed by atoms with van der Waals surface area (Å²) < 4.78 is 6.37. The molecule has 4 heterocycles. The number of hydrogen-bond donors (Lipinski definition) is 0. The van der Waals surface area contributed by atoms with Gasteiger partial charge in [0.1, 0.15) is 6.17 Å². The highest BCUT2D eigenvalue weighted by molar-refractivity contribution is 6.10. The van der Waals surface area contributed by atoms with E-state index in [1.165, 1.54) is 0 Å². The van der Waals surface area contributed by atoms with E-state index in [0.717, 1.165) is 50.5 Å². The molecule has 0 fully saturated rings. The van der Waals surface area contributed by atoms with Crippen molar-refractivity contribution in [3.63, 3.8) is 0 Å². The van der Waals surface area contributed by atoms with Crippen molar-refractivity contribution in [2.24, 2.45) is 0 Å². The molecule has 0 spiro atoms. The van der Waals surface area contributed by atoms with Crippen molar-refractivity contribution in [2.75, 3.05) is 9.80 Å². The van der Waals surface area contributed by atoms with Crippen molar-refractivity contribution in [1.82, 2.24) is 9.97 Å². The molecule has 31 heavy (non-hydrogen) atoms. The molecular formula is C26H22N4O. The summed E-state index contributed by atoms with van der Waals surface area (Å²) in [6, 6.07) is 23.0. The summed E-state index contributed by atoms with van der Waals surface area (Å²) in [5.41, 5.74) is 6.89. The first-order valence-electron chi connectivity index (χ1n) is 10.5. The molecule has 1 unspecified atom stereocenters. The molecule has 0 saturated carbocycles. The molecule has 5 nitrogen and oxygen atoms in total. The number of rotatable bonds is 2. The van der Waals surface area contributed by atoms with Crippen molar-refractivity contribution >= 4 is 44.9 Å². The van der Waals surface area contributed by atoms with E-state index in [4.69, 9.17) is 9.40 Å². The van der Waals surface area contributed by atoms with Crippen LogP contribution >= 0.6 is 0 Å². The summed E-state index contributed by atoms with van der Waals surface area (Å²) in [6.07, 6.45) is 1.88. The molecule has 0 aliphatic carbocycles. The van der Waals surface area contributed by atoms with Crippen molar-refractivity contribution in [3.8, 4) is 0 Å². The van der Waals surface area contributed by atoms with Gasteiger partial charge in [0.05, 0.1) is 11.4 Å². The maximum Gasteiger partial charge on any atom is 0.227 e. The van der Waals surface area contributed by atoms with Crippen molar-refractivity contribution in [1.29, 1.82) is 0 Å². The SMILES string of the molecule is Cc1ccc2c(n1)oc1c(N3c4cccnc4N(c4ccccc4)C3C)c(C)ccc12. The van der Waals surface area contributed by atoms with Gasteiger partial charge >= 0.3 is 0 Å². The minimum absolute atomic E-state index is 0.0273. The van der Waals surface area contributed by atoms with E-state index < -0.39 is 0 Å². The molecular weight excluding hydrogens is 384 g/mol. The van der Waals surface area contributed by atoms with Gasteiger partial charge in [0, 0.05) is 28.4 Å². The Morgan fingerprint density at radius 2 is 1.65 bits per heavy atom. The third kappa shape index (κ3) is 2.56. The number of anilines is 4. The summed E-state index contributed by atoms with van der Waals surface area (Å²) in [6.45, 7) is 6.33. The van der Waals surface area contributed by atoms with Crippen LogP contribution in [-0.2, 0) is 0 Å². The lowest BCUT2D eigenvalue weighted by Crippen LogP contribution is -2.35. The molecule has 2 aromatic carbocycles. The highest BCUT2D eigenvalue weighted by Crippen LogP contribution is 2.49. The smallest absolute Gasteiger partial charge is 0.227 e. The Morgan fingerprint density at radius 3 is 2.48 bits per heavy atom. The fourth-order valence-corrected chi connectivity index (χ4v) is 4.69. The van der Waals surface area contributed by atoms with Gasteiger partial charge in [-0.15, -0.1) is 0 Å². The van der Waals surface area contributed by atoms with Gasteiger partial charge in [-0.2, -0.15) is 0 Å². The van der Waals surface area contributed by atoms with E-state index in [2.05, 4.69) is 77.2 Å². The number of para-hydroxylation sites is 1. The molecule has 5 aromatic rings. The summed E-state index contributed by atoms with van der Waals surface area (Å²) in [5.74, 6) is 0.947. The zero-order chi connectivity index (χ0) is 21.1. The van der Waals surface area contributed by atoms with E-state index in [1.54, 1.807) is 0 Å². The Balaban J connectivity index is 1.62. The van der Waals surface area contributed by atoms with Crippen LogP contribution in [0.5, 0.6) is 0 Å². The van der Waals surface area contributed by atoms with Gasteiger partial charge in [-0.05, 0) is 62.7 Å². The first kappa shape index (κ1) is 18.0. The summed E-state index contributed by atoms with van der Waals surface area (Å²) in [5, 5.41) is 2.12. The van der Waals surface area contributed by atoms with Gasteiger partial charge in [-0.3, -0.25) is 0 Å². The molecule has 0 N–H and O–H groups in total. The minimum Gasteiger partial charge on any atom is -0.435 e. The monoisotopic (exact) mass is 406 g/mol. The molecule has 5 heteroatoms. The lowest BCUT2D eigenvalue weighted by Gasteiger charge is -2.30. The minimum atomic E-state index is 0.0273. The van der Waals surface area contributed by atoms with E-state index in [-0.39, 0.29) is 6.17 Å². The number of fused-ring (bicyclic) bond motifs is 4.